The van der Waals surface area contributed by atoms with Gasteiger partial charge in [-0.1, -0.05) is 84.9 Å². The molecule has 0 N–H and O–H groups in total. The molecule has 2 aliphatic carbocycles. The summed E-state index contributed by atoms with van der Waals surface area (Å²) in [6, 6.07) is 30.3. The van der Waals surface area contributed by atoms with E-state index >= 15 is 0 Å². The highest BCUT2D eigenvalue weighted by atomic mass is 19.2. The summed E-state index contributed by atoms with van der Waals surface area (Å²) in [5, 5.41) is 8.96. The summed E-state index contributed by atoms with van der Waals surface area (Å²) in [7, 11) is 0. The van der Waals surface area contributed by atoms with Crippen LogP contribution in [0.1, 0.15) is 27.8 Å². The standard InChI is InChI=1S/C32H15F4N/c33-28-22(16-37)29(34)31(36)27(30(28)35)17-13-14-26-21(15-17)20-9-3-6-12-25(20)32(26)23-10-4-1-7-18(23)19-8-2-5-11-24(19)32/h1-15H. The number of nitrogens with zero attached hydrogens (tertiary/aromatic N) is 1. The minimum absolute atomic E-state index is 0.0116. The molecule has 1 nitrogen and oxygen atoms in total. The van der Waals surface area contributed by atoms with Gasteiger partial charge in [0, 0.05) is 0 Å². The van der Waals surface area contributed by atoms with Crippen LogP contribution in [-0.4, -0.2) is 0 Å². The van der Waals surface area contributed by atoms with Gasteiger partial charge in [0.15, 0.2) is 23.3 Å². The van der Waals surface area contributed by atoms with Crippen LogP contribution >= 0.6 is 0 Å². The summed E-state index contributed by atoms with van der Waals surface area (Å²) in [6.45, 7) is 0. The van der Waals surface area contributed by atoms with Crippen LogP contribution in [0.4, 0.5) is 17.6 Å². The van der Waals surface area contributed by atoms with Gasteiger partial charge in [-0.25, -0.2) is 17.6 Å². The van der Waals surface area contributed by atoms with Gasteiger partial charge in [0.1, 0.15) is 11.6 Å². The number of nitriles is 1. The van der Waals surface area contributed by atoms with E-state index in [1.165, 1.54) is 12.1 Å². The Balaban J connectivity index is 1.57. The fourth-order valence-corrected chi connectivity index (χ4v) is 6.24. The molecule has 0 radical (unpaired) electrons. The van der Waals surface area contributed by atoms with Gasteiger partial charge in [-0.15, -0.1) is 0 Å². The van der Waals surface area contributed by atoms with Crippen LogP contribution in [-0.2, 0) is 5.41 Å². The molecule has 5 aromatic carbocycles. The molecule has 0 unspecified atom stereocenters. The largest absolute Gasteiger partial charge is 0.203 e. The number of rotatable bonds is 1. The SMILES string of the molecule is N#Cc1c(F)c(F)c(-c2ccc3c(c2)-c2ccccc2C32c3ccccc3-c3ccccc32)c(F)c1F. The number of benzene rings is 5. The first-order chi connectivity index (χ1) is 18.0. The Labute approximate surface area is 209 Å². The van der Waals surface area contributed by atoms with Crippen LogP contribution in [0.3, 0.4) is 0 Å². The van der Waals surface area contributed by atoms with E-state index in [2.05, 4.69) is 30.3 Å². The molecule has 2 aliphatic rings. The summed E-state index contributed by atoms with van der Waals surface area (Å²) in [6.07, 6.45) is 0. The molecule has 0 heterocycles. The molecular weight excluding hydrogens is 474 g/mol. The fraction of sp³-hybridized carbons (Fsp3) is 0.0312. The quantitative estimate of drug-likeness (QED) is 0.169. The fourth-order valence-electron chi connectivity index (χ4n) is 6.24. The lowest BCUT2D eigenvalue weighted by Gasteiger charge is -2.30. The number of fused-ring (bicyclic) bond motifs is 10. The molecule has 0 atom stereocenters. The van der Waals surface area contributed by atoms with E-state index in [-0.39, 0.29) is 5.56 Å². The molecule has 0 aromatic heterocycles. The van der Waals surface area contributed by atoms with E-state index in [4.69, 9.17) is 5.26 Å². The van der Waals surface area contributed by atoms with Crippen molar-refractivity contribution in [3.05, 3.63) is 142 Å². The number of hydrogen-bond acceptors (Lipinski definition) is 1. The zero-order chi connectivity index (χ0) is 25.5. The third-order valence-electron chi connectivity index (χ3n) is 7.66. The van der Waals surface area contributed by atoms with Crippen molar-refractivity contribution >= 4 is 0 Å². The molecule has 0 amide bonds. The van der Waals surface area contributed by atoms with Crippen LogP contribution < -0.4 is 0 Å². The molecule has 0 saturated carbocycles. The van der Waals surface area contributed by atoms with E-state index in [0.29, 0.717) is 0 Å². The van der Waals surface area contributed by atoms with Gasteiger partial charge >= 0.3 is 0 Å². The Bertz CT molecular complexity index is 1770. The van der Waals surface area contributed by atoms with E-state index in [1.54, 1.807) is 12.1 Å². The highest BCUT2D eigenvalue weighted by Crippen LogP contribution is 2.62. The van der Waals surface area contributed by atoms with Crippen molar-refractivity contribution in [2.45, 2.75) is 5.41 Å². The highest BCUT2D eigenvalue weighted by molar-refractivity contribution is 5.96. The summed E-state index contributed by atoms with van der Waals surface area (Å²) in [5.41, 5.74) is 5.21. The average Bonchev–Trinajstić information content (AvgIpc) is 3.40. The summed E-state index contributed by atoms with van der Waals surface area (Å²) in [4.78, 5) is 0. The van der Waals surface area contributed by atoms with Gasteiger partial charge in [0.05, 0.1) is 11.0 Å². The molecule has 0 bridgehead atoms. The van der Waals surface area contributed by atoms with Crippen molar-refractivity contribution in [1.82, 2.24) is 0 Å². The first-order valence-corrected chi connectivity index (χ1v) is 11.7. The molecule has 176 valence electrons. The lowest BCUT2D eigenvalue weighted by molar-refractivity contribution is 0.454. The lowest BCUT2D eigenvalue weighted by Crippen LogP contribution is -2.25. The Hall–Kier alpha value is -4.69. The predicted octanol–water partition coefficient (Wildman–Crippen LogP) is 8.13. The molecule has 37 heavy (non-hydrogen) atoms. The van der Waals surface area contributed by atoms with Crippen LogP contribution in [0.15, 0.2) is 91.0 Å². The van der Waals surface area contributed by atoms with E-state index in [0.717, 1.165) is 44.5 Å². The molecule has 1 spiro atoms. The molecule has 5 heteroatoms. The maximum Gasteiger partial charge on any atom is 0.180 e. The van der Waals surface area contributed by atoms with Crippen LogP contribution in [0.5, 0.6) is 0 Å². The normalized spacial score (nSPS) is 13.6. The number of hydrogen-bond donors (Lipinski definition) is 0. The minimum Gasteiger partial charge on any atom is -0.203 e. The Kier molecular flexibility index (Phi) is 4.32. The number of halogens is 4. The second-order valence-electron chi connectivity index (χ2n) is 9.26. The van der Waals surface area contributed by atoms with Crippen molar-refractivity contribution in [2.75, 3.05) is 0 Å². The van der Waals surface area contributed by atoms with Gasteiger partial charge in [0.25, 0.3) is 0 Å². The second kappa shape index (κ2) is 7.41. The van der Waals surface area contributed by atoms with Crippen molar-refractivity contribution in [1.29, 1.82) is 5.26 Å². The monoisotopic (exact) mass is 489 g/mol. The van der Waals surface area contributed by atoms with Crippen LogP contribution in [0.2, 0.25) is 0 Å². The summed E-state index contributed by atoms with van der Waals surface area (Å²) in [5.74, 6) is -6.58. The lowest BCUT2D eigenvalue weighted by atomic mass is 9.70. The van der Waals surface area contributed by atoms with E-state index in [9.17, 15) is 17.6 Å². The van der Waals surface area contributed by atoms with E-state index < -0.39 is 39.8 Å². The van der Waals surface area contributed by atoms with Crippen molar-refractivity contribution in [2.24, 2.45) is 0 Å². The Morgan fingerprint density at radius 1 is 0.514 bits per heavy atom. The van der Waals surface area contributed by atoms with Gasteiger partial charge in [0.2, 0.25) is 0 Å². The Morgan fingerprint density at radius 2 is 0.946 bits per heavy atom. The Morgan fingerprint density at radius 3 is 1.43 bits per heavy atom. The third-order valence-corrected chi connectivity index (χ3v) is 7.66. The first kappa shape index (κ1) is 21.6. The summed E-state index contributed by atoms with van der Waals surface area (Å²) < 4.78 is 58.9. The van der Waals surface area contributed by atoms with Crippen molar-refractivity contribution in [3.8, 4) is 39.4 Å². The topological polar surface area (TPSA) is 23.8 Å². The molecule has 0 fully saturated rings. The maximum atomic E-state index is 15.0. The van der Waals surface area contributed by atoms with Gasteiger partial charge in [-0.2, -0.15) is 5.26 Å². The molecule has 0 aliphatic heterocycles. The molecule has 5 aromatic rings. The van der Waals surface area contributed by atoms with Crippen molar-refractivity contribution < 1.29 is 17.6 Å². The molecular formula is C32H15F4N. The zero-order valence-corrected chi connectivity index (χ0v) is 19.1. The zero-order valence-electron chi connectivity index (χ0n) is 19.1. The smallest absolute Gasteiger partial charge is 0.180 e. The minimum atomic E-state index is -1.70. The van der Waals surface area contributed by atoms with E-state index in [1.807, 2.05) is 42.5 Å². The van der Waals surface area contributed by atoms with Gasteiger partial charge in [-0.05, 0) is 56.1 Å². The first-order valence-electron chi connectivity index (χ1n) is 11.7. The van der Waals surface area contributed by atoms with Gasteiger partial charge in [-0.3, -0.25) is 0 Å². The average molecular weight is 489 g/mol. The van der Waals surface area contributed by atoms with Crippen LogP contribution in [0, 0.1) is 34.6 Å². The third kappa shape index (κ3) is 2.52. The molecule has 7 rings (SSSR count). The second-order valence-corrected chi connectivity index (χ2v) is 9.26. The predicted molar refractivity (Wildman–Crippen MR) is 133 cm³/mol. The van der Waals surface area contributed by atoms with Crippen molar-refractivity contribution in [3.63, 3.8) is 0 Å². The highest BCUT2D eigenvalue weighted by Gasteiger charge is 2.51. The maximum absolute atomic E-state index is 15.0. The summed E-state index contributed by atoms with van der Waals surface area (Å²) >= 11 is 0. The molecule has 0 saturated heterocycles. The van der Waals surface area contributed by atoms with Gasteiger partial charge < -0.3 is 0 Å². The van der Waals surface area contributed by atoms with Crippen LogP contribution in [0.25, 0.3) is 33.4 Å².